The van der Waals surface area contributed by atoms with Gasteiger partial charge in [-0.2, -0.15) is 0 Å². The van der Waals surface area contributed by atoms with Gasteiger partial charge >= 0.3 is 0 Å². The summed E-state index contributed by atoms with van der Waals surface area (Å²) in [6, 6.07) is 13.0. The van der Waals surface area contributed by atoms with Crippen LogP contribution in [0.1, 0.15) is 24.0 Å². The fourth-order valence-electron chi connectivity index (χ4n) is 3.30. The number of aromatic nitrogens is 1. The van der Waals surface area contributed by atoms with E-state index in [1.807, 2.05) is 26.1 Å². The number of fused-ring (bicyclic) bond motifs is 1. The first-order valence-corrected chi connectivity index (χ1v) is 8.29. The van der Waals surface area contributed by atoms with E-state index in [1.165, 1.54) is 22.5 Å². The molecule has 2 aromatic carbocycles. The summed E-state index contributed by atoms with van der Waals surface area (Å²) in [5, 5.41) is 1.22. The van der Waals surface area contributed by atoms with Crippen molar-refractivity contribution in [1.82, 2.24) is 4.57 Å². The molecule has 0 spiro atoms. The third-order valence-electron chi connectivity index (χ3n) is 4.44. The number of halogens is 1. The van der Waals surface area contributed by atoms with Gasteiger partial charge in [0.15, 0.2) is 0 Å². The zero-order chi connectivity index (χ0) is 17.1. The SMILES string of the molecule is CCOc1ccc(F)cc1C(CN)Cc1cn(C)c2ccccc12. The van der Waals surface area contributed by atoms with E-state index < -0.39 is 0 Å². The largest absolute Gasteiger partial charge is 0.494 e. The van der Waals surface area contributed by atoms with Gasteiger partial charge in [0.1, 0.15) is 11.6 Å². The van der Waals surface area contributed by atoms with Crippen LogP contribution in [0.2, 0.25) is 0 Å². The van der Waals surface area contributed by atoms with Gasteiger partial charge in [0, 0.05) is 35.6 Å². The Labute approximate surface area is 141 Å². The molecule has 0 saturated heterocycles. The molecule has 3 nitrogen and oxygen atoms in total. The molecule has 0 fully saturated rings. The molecular weight excluding hydrogens is 303 g/mol. The summed E-state index contributed by atoms with van der Waals surface area (Å²) < 4.78 is 21.6. The number of benzene rings is 2. The van der Waals surface area contributed by atoms with Gasteiger partial charge < -0.3 is 15.0 Å². The van der Waals surface area contributed by atoms with E-state index >= 15 is 0 Å². The lowest BCUT2D eigenvalue weighted by molar-refractivity contribution is 0.333. The van der Waals surface area contributed by atoms with E-state index in [0.29, 0.717) is 13.2 Å². The Bertz CT molecular complexity index is 841. The first-order valence-electron chi connectivity index (χ1n) is 8.29. The topological polar surface area (TPSA) is 40.2 Å². The Morgan fingerprint density at radius 2 is 2.00 bits per heavy atom. The van der Waals surface area contributed by atoms with Gasteiger partial charge in [-0.25, -0.2) is 4.39 Å². The molecule has 0 bridgehead atoms. The Balaban J connectivity index is 1.99. The van der Waals surface area contributed by atoms with Crippen molar-refractivity contribution >= 4 is 10.9 Å². The fraction of sp³-hybridized carbons (Fsp3) is 0.300. The van der Waals surface area contributed by atoms with Gasteiger partial charge in [0.2, 0.25) is 0 Å². The molecule has 0 radical (unpaired) electrons. The maximum absolute atomic E-state index is 13.8. The van der Waals surface area contributed by atoms with Gasteiger partial charge in [0.25, 0.3) is 0 Å². The maximum atomic E-state index is 13.8. The van der Waals surface area contributed by atoms with Crippen LogP contribution in [0.4, 0.5) is 4.39 Å². The molecule has 0 aliphatic heterocycles. The predicted molar refractivity (Wildman–Crippen MR) is 96.0 cm³/mol. The smallest absolute Gasteiger partial charge is 0.123 e. The molecule has 0 saturated carbocycles. The number of nitrogens with two attached hydrogens (primary N) is 1. The molecule has 0 amide bonds. The molecule has 24 heavy (non-hydrogen) atoms. The summed E-state index contributed by atoms with van der Waals surface area (Å²) in [7, 11) is 2.04. The molecule has 126 valence electrons. The second-order valence-electron chi connectivity index (χ2n) is 6.03. The second kappa shape index (κ2) is 7.05. The van der Waals surface area contributed by atoms with Crippen LogP contribution in [0.3, 0.4) is 0 Å². The van der Waals surface area contributed by atoms with Crippen LogP contribution in [0.25, 0.3) is 10.9 Å². The number of nitrogens with zero attached hydrogens (tertiary/aromatic N) is 1. The predicted octanol–water partition coefficient (Wildman–Crippen LogP) is 4.00. The summed E-state index contributed by atoms with van der Waals surface area (Å²) in [6.07, 6.45) is 2.88. The monoisotopic (exact) mass is 326 g/mol. The van der Waals surface area contributed by atoms with Crippen molar-refractivity contribution in [3.8, 4) is 5.75 Å². The van der Waals surface area contributed by atoms with E-state index in [1.54, 1.807) is 12.1 Å². The second-order valence-corrected chi connectivity index (χ2v) is 6.03. The molecule has 0 aliphatic rings. The van der Waals surface area contributed by atoms with Crippen LogP contribution in [0, 0.1) is 5.82 Å². The number of ether oxygens (including phenoxy) is 1. The van der Waals surface area contributed by atoms with Crippen molar-refractivity contribution in [2.45, 2.75) is 19.3 Å². The standard InChI is InChI=1S/C20H23FN2O/c1-3-24-20-9-8-16(21)11-18(20)14(12-22)10-15-13-23(2)19-7-5-4-6-17(15)19/h4-9,11,13-14H,3,10,12,22H2,1-2H3. The van der Waals surface area contributed by atoms with Crippen LogP contribution in [0.15, 0.2) is 48.7 Å². The third kappa shape index (κ3) is 3.15. The van der Waals surface area contributed by atoms with Crippen molar-refractivity contribution in [2.24, 2.45) is 12.8 Å². The average Bonchev–Trinajstić information content (AvgIpc) is 2.91. The highest BCUT2D eigenvalue weighted by Gasteiger charge is 2.19. The Morgan fingerprint density at radius 1 is 1.21 bits per heavy atom. The Kier molecular flexibility index (Phi) is 4.86. The molecule has 3 rings (SSSR count). The molecule has 1 aromatic heterocycles. The van der Waals surface area contributed by atoms with Gasteiger partial charge in [-0.1, -0.05) is 18.2 Å². The summed E-state index contributed by atoms with van der Waals surface area (Å²) in [5.41, 5.74) is 9.28. The maximum Gasteiger partial charge on any atom is 0.123 e. The van der Waals surface area contributed by atoms with E-state index in [-0.39, 0.29) is 11.7 Å². The van der Waals surface area contributed by atoms with Crippen LogP contribution in [0.5, 0.6) is 5.75 Å². The van der Waals surface area contributed by atoms with Crippen molar-refractivity contribution in [3.05, 3.63) is 65.6 Å². The highest BCUT2D eigenvalue weighted by Crippen LogP contribution is 2.32. The first-order chi connectivity index (χ1) is 11.6. The molecule has 0 aliphatic carbocycles. The molecule has 1 atom stereocenters. The van der Waals surface area contributed by atoms with Crippen LogP contribution >= 0.6 is 0 Å². The highest BCUT2D eigenvalue weighted by atomic mass is 19.1. The zero-order valence-corrected chi connectivity index (χ0v) is 14.1. The fourth-order valence-corrected chi connectivity index (χ4v) is 3.30. The minimum Gasteiger partial charge on any atom is -0.494 e. The summed E-state index contributed by atoms with van der Waals surface area (Å²) in [6.45, 7) is 2.91. The van der Waals surface area contributed by atoms with Crippen LogP contribution in [-0.2, 0) is 13.5 Å². The van der Waals surface area contributed by atoms with Gasteiger partial charge in [-0.05, 0) is 49.7 Å². The summed E-state index contributed by atoms with van der Waals surface area (Å²) in [5.74, 6) is 0.465. The zero-order valence-electron chi connectivity index (χ0n) is 14.1. The van der Waals surface area contributed by atoms with Crippen LogP contribution < -0.4 is 10.5 Å². The van der Waals surface area contributed by atoms with Crippen molar-refractivity contribution in [3.63, 3.8) is 0 Å². The molecular formula is C20H23FN2O. The number of para-hydroxylation sites is 1. The average molecular weight is 326 g/mol. The molecule has 1 heterocycles. The van der Waals surface area contributed by atoms with E-state index in [0.717, 1.165) is 17.7 Å². The van der Waals surface area contributed by atoms with Crippen molar-refractivity contribution < 1.29 is 9.13 Å². The lowest BCUT2D eigenvalue weighted by Gasteiger charge is -2.19. The van der Waals surface area contributed by atoms with E-state index in [9.17, 15) is 4.39 Å². The van der Waals surface area contributed by atoms with E-state index in [4.69, 9.17) is 10.5 Å². The number of aryl methyl sites for hydroxylation is 1. The first kappa shape index (κ1) is 16.5. The van der Waals surface area contributed by atoms with Gasteiger partial charge in [0.05, 0.1) is 6.61 Å². The number of hydrogen-bond donors (Lipinski definition) is 1. The minimum absolute atomic E-state index is 0.00746. The molecule has 1 unspecified atom stereocenters. The molecule has 2 N–H and O–H groups in total. The van der Waals surface area contributed by atoms with Gasteiger partial charge in [-0.15, -0.1) is 0 Å². The van der Waals surface area contributed by atoms with Gasteiger partial charge in [-0.3, -0.25) is 0 Å². The van der Waals surface area contributed by atoms with Crippen molar-refractivity contribution in [2.75, 3.05) is 13.2 Å². The minimum atomic E-state index is -0.259. The number of rotatable bonds is 6. The normalized spacial score (nSPS) is 12.5. The lowest BCUT2D eigenvalue weighted by Crippen LogP contribution is -2.16. The third-order valence-corrected chi connectivity index (χ3v) is 4.44. The summed E-state index contributed by atoms with van der Waals surface area (Å²) >= 11 is 0. The summed E-state index contributed by atoms with van der Waals surface area (Å²) in [4.78, 5) is 0. The quantitative estimate of drug-likeness (QED) is 0.744. The van der Waals surface area contributed by atoms with Crippen molar-refractivity contribution in [1.29, 1.82) is 0 Å². The molecule has 4 heteroatoms. The number of hydrogen-bond acceptors (Lipinski definition) is 2. The highest BCUT2D eigenvalue weighted by molar-refractivity contribution is 5.84. The van der Waals surface area contributed by atoms with E-state index in [2.05, 4.69) is 22.9 Å². The lowest BCUT2D eigenvalue weighted by atomic mass is 9.91. The van der Waals surface area contributed by atoms with Crippen LogP contribution in [-0.4, -0.2) is 17.7 Å². The molecule has 3 aromatic rings. The Hall–Kier alpha value is -2.33. The Morgan fingerprint density at radius 3 is 2.75 bits per heavy atom.